The van der Waals surface area contributed by atoms with Gasteiger partial charge in [-0.15, -0.1) is 0 Å². The maximum absolute atomic E-state index is 3.68. The van der Waals surface area contributed by atoms with Crippen LogP contribution in [0.5, 0.6) is 0 Å². The monoisotopic (exact) mass is 167 g/mol. The molecule has 0 amide bonds. The summed E-state index contributed by atoms with van der Waals surface area (Å²) in [4.78, 5) is 0. The zero-order valence-corrected chi connectivity index (χ0v) is 8.09. The molecule has 0 heterocycles. The molecule has 60 valence electrons. The first kappa shape index (κ1) is 8.66. The minimum Gasteiger partial charge on any atom is -0.0807 e. The van der Waals surface area contributed by atoms with Crippen LogP contribution in [0.2, 0.25) is 0 Å². The first-order valence-electron chi connectivity index (χ1n) is 3.89. The normalized spacial score (nSPS) is 17.9. The van der Waals surface area contributed by atoms with E-state index in [9.17, 15) is 0 Å². The van der Waals surface area contributed by atoms with E-state index in [2.05, 4.69) is 56.9 Å². The standard InChI is InChI=1S/C10H14S/c1-10(2,11)9-7-5-3-4-6-8-9/h3-5,7-8,11H,6H2,1-2H3/p+1. The number of rotatable bonds is 1. The zero-order chi connectivity index (χ0) is 8.32. The quantitative estimate of drug-likeness (QED) is 0.525. The Morgan fingerprint density at radius 1 is 1.36 bits per heavy atom. The van der Waals surface area contributed by atoms with Crippen LogP contribution in [0, 0.1) is 0 Å². The van der Waals surface area contributed by atoms with Crippen molar-refractivity contribution in [3.05, 3.63) is 36.0 Å². The van der Waals surface area contributed by atoms with Crippen molar-refractivity contribution in [2.45, 2.75) is 25.0 Å². The predicted molar refractivity (Wildman–Crippen MR) is 55.2 cm³/mol. The summed E-state index contributed by atoms with van der Waals surface area (Å²) in [5, 5.41) is 0. The highest BCUT2D eigenvalue weighted by Gasteiger charge is 2.21. The molecule has 0 atom stereocenters. The highest BCUT2D eigenvalue weighted by molar-refractivity contribution is 7.60. The Morgan fingerprint density at radius 3 is 2.73 bits per heavy atom. The molecule has 0 nitrogen and oxygen atoms in total. The van der Waals surface area contributed by atoms with E-state index < -0.39 is 0 Å². The molecule has 1 aliphatic rings. The summed E-state index contributed by atoms with van der Waals surface area (Å²) < 4.78 is 0.0997. The third kappa shape index (κ3) is 2.58. The highest BCUT2D eigenvalue weighted by Crippen LogP contribution is 2.20. The lowest BCUT2D eigenvalue weighted by Gasteiger charge is -2.11. The molecule has 0 saturated carbocycles. The third-order valence-corrected chi connectivity index (χ3v) is 2.01. The molecule has 1 aliphatic carbocycles. The minimum atomic E-state index is 0.0997. The van der Waals surface area contributed by atoms with Crippen molar-refractivity contribution in [2.24, 2.45) is 0 Å². The van der Waals surface area contributed by atoms with Gasteiger partial charge in [-0.2, -0.15) is 0 Å². The van der Waals surface area contributed by atoms with E-state index in [1.54, 1.807) is 0 Å². The van der Waals surface area contributed by atoms with Crippen molar-refractivity contribution >= 4 is 12.6 Å². The van der Waals surface area contributed by atoms with Gasteiger partial charge in [-0.1, -0.05) is 30.4 Å². The van der Waals surface area contributed by atoms with Gasteiger partial charge in [-0.3, -0.25) is 0 Å². The van der Waals surface area contributed by atoms with Gasteiger partial charge in [-0.25, -0.2) is 0 Å². The average molecular weight is 167 g/mol. The van der Waals surface area contributed by atoms with Crippen molar-refractivity contribution in [1.29, 1.82) is 0 Å². The Hall–Kier alpha value is -0.430. The lowest BCUT2D eigenvalue weighted by molar-refractivity contribution is 0.859. The average Bonchev–Trinajstić information content (AvgIpc) is 2.10. The van der Waals surface area contributed by atoms with E-state index in [1.165, 1.54) is 5.57 Å². The Bertz CT molecular complexity index is 214. The van der Waals surface area contributed by atoms with Crippen molar-refractivity contribution in [3.63, 3.8) is 0 Å². The smallest absolute Gasteiger partial charge is 0.0807 e. The topological polar surface area (TPSA) is 0 Å². The summed E-state index contributed by atoms with van der Waals surface area (Å²) in [6, 6.07) is 0. The summed E-state index contributed by atoms with van der Waals surface area (Å²) in [6.45, 7) is 4.32. The largest absolute Gasteiger partial charge is 0.142 e. The summed E-state index contributed by atoms with van der Waals surface area (Å²) in [6.07, 6.45) is 11.8. The highest BCUT2D eigenvalue weighted by atomic mass is 32.1. The van der Waals surface area contributed by atoms with Gasteiger partial charge >= 0.3 is 0 Å². The third-order valence-electron chi connectivity index (χ3n) is 1.72. The van der Waals surface area contributed by atoms with Gasteiger partial charge in [0.05, 0.1) is 0 Å². The molecule has 11 heavy (non-hydrogen) atoms. The number of allylic oxidation sites excluding steroid dienone is 5. The first-order valence-corrected chi connectivity index (χ1v) is 4.39. The molecule has 1 rings (SSSR count). The van der Waals surface area contributed by atoms with Crippen molar-refractivity contribution in [2.75, 3.05) is 0 Å². The Balaban J connectivity index is 2.81. The van der Waals surface area contributed by atoms with Crippen molar-refractivity contribution in [3.8, 4) is 0 Å². The van der Waals surface area contributed by atoms with E-state index >= 15 is 0 Å². The maximum atomic E-state index is 3.68. The molecule has 0 bridgehead atoms. The van der Waals surface area contributed by atoms with Gasteiger partial charge in [-0.05, 0) is 32.9 Å². The second-order valence-electron chi connectivity index (χ2n) is 3.31. The van der Waals surface area contributed by atoms with E-state index in [-0.39, 0.29) is 4.75 Å². The molecule has 0 fully saturated rings. The maximum Gasteiger partial charge on any atom is 0.142 e. The summed E-state index contributed by atoms with van der Waals surface area (Å²) in [5.41, 5.74) is 1.35. The van der Waals surface area contributed by atoms with Crippen LogP contribution in [0.1, 0.15) is 20.3 Å². The van der Waals surface area contributed by atoms with Crippen LogP contribution in [0.4, 0.5) is 0 Å². The van der Waals surface area contributed by atoms with Gasteiger partial charge in [0.15, 0.2) is 0 Å². The lowest BCUT2D eigenvalue weighted by atomic mass is 10.0. The van der Waals surface area contributed by atoms with Gasteiger partial charge in [0.2, 0.25) is 0 Å². The van der Waals surface area contributed by atoms with Gasteiger partial charge in [0.1, 0.15) is 4.75 Å². The van der Waals surface area contributed by atoms with E-state index in [1.807, 2.05) is 0 Å². The van der Waals surface area contributed by atoms with Crippen LogP contribution in [0.15, 0.2) is 36.0 Å². The summed E-state index contributed by atoms with van der Waals surface area (Å²) in [5.74, 6) is 0. The van der Waals surface area contributed by atoms with Crippen LogP contribution >= 0.6 is 0 Å². The van der Waals surface area contributed by atoms with E-state index in [0.29, 0.717) is 0 Å². The molecular formula is C10H15S+. The van der Waals surface area contributed by atoms with Gasteiger partial charge in [0.25, 0.3) is 0 Å². The fourth-order valence-corrected chi connectivity index (χ4v) is 1.23. The van der Waals surface area contributed by atoms with Crippen molar-refractivity contribution < 1.29 is 0 Å². The second-order valence-corrected chi connectivity index (χ2v) is 4.56. The van der Waals surface area contributed by atoms with E-state index in [0.717, 1.165) is 6.42 Å². The molecule has 0 aromatic carbocycles. The van der Waals surface area contributed by atoms with Crippen LogP contribution < -0.4 is 0 Å². The molecular weight excluding hydrogens is 152 g/mol. The molecule has 0 aromatic heterocycles. The van der Waals surface area contributed by atoms with Crippen LogP contribution in [0.3, 0.4) is 0 Å². The van der Waals surface area contributed by atoms with Gasteiger partial charge in [0, 0.05) is 5.57 Å². The van der Waals surface area contributed by atoms with Crippen LogP contribution in [-0.2, 0) is 12.6 Å². The molecule has 0 N–H and O–H groups in total. The fourth-order valence-electron chi connectivity index (χ4n) is 1.04. The molecule has 0 saturated heterocycles. The lowest BCUT2D eigenvalue weighted by Crippen LogP contribution is -2.17. The Kier molecular flexibility index (Phi) is 2.61. The molecule has 0 unspecified atom stereocenters. The summed E-state index contributed by atoms with van der Waals surface area (Å²) >= 11 is 3.68. The van der Waals surface area contributed by atoms with Crippen LogP contribution in [-0.4, -0.2) is 4.75 Å². The van der Waals surface area contributed by atoms with E-state index in [4.69, 9.17) is 0 Å². The predicted octanol–water partition coefficient (Wildman–Crippen LogP) is 2.22. The molecule has 0 aliphatic heterocycles. The molecule has 0 aromatic rings. The second kappa shape index (κ2) is 3.31. The molecule has 1 heteroatoms. The number of hydrogen-bond donors (Lipinski definition) is 0. The summed E-state index contributed by atoms with van der Waals surface area (Å²) in [7, 11) is 0. The molecule has 0 spiro atoms. The number of hydrogen-bond acceptors (Lipinski definition) is 0. The fraction of sp³-hybridized carbons (Fsp3) is 0.400. The first-order chi connectivity index (χ1) is 5.11. The molecule has 0 radical (unpaired) electrons. The van der Waals surface area contributed by atoms with Gasteiger partial charge < -0.3 is 0 Å². The van der Waals surface area contributed by atoms with Crippen molar-refractivity contribution in [1.82, 2.24) is 0 Å². The zero-order valence-electron chi connectivity index (χ0n) is 7.09. The minimum absolute atomic E-state index is 0.0997. The Morgan fingerprint density at radius 2 is 2.09 bits per heavy atom. The van der Waals surface area contributed by atoms with Crippen LogP contribution in [0.25, 0.3) is 0 Å². The Labute approximate surface area is 74.1 Å². The SMILES string of the molecule is CC(C)([SH2+])C1=CCC=CC=C1.